The Bertz CT molecular complexity index is 370. The van der Waals surface area contributed by atoms with Gasteiger partial charge in [0.05, 0.1) is 5.69 Å². The molecular formula is C14H23N3O. The first kappa shape index (κ1) is 13.3. The van der Waals surface area contributed by atoms with Crippen LogP contribution in [0.15, 0.2) is 18.3 Å². The zero-order chi connectivity index (χ0) is 12.8. The molecule has 4 nitrogen and oxygen atoms in total. The Balaban J connectivity index is 1.94. The van der Waals surface area contributed by atoms with Gasteiger partial charge in [0.1, 0.15) is 0 Å². The predicted octanol–water partition coefficient (Wildman–Crippen LogP) is 1.86. The standard InChI is InChI=1S/C14H23N3O/c1-15-12-6-7-16-13(10-12)11-17-8-2-4-14(17)5-3-9-18/h6-7,10,14,18H,2-5,8-9,11H2,1H3,(H,15,16). The number of aliphatic hydroxyl groups is 1. The largest absolute Gasteiger partial charge is 0.396 e. The van der Waals surface area contributed by atoms with Crippen molar-refractivity contribution in [3.63, 3.8) is 0 Å². The van der Waals surface area contributed by atoms with Crippen LogP contribution in [0.5, 0.6) is 0 Å². The zero-order valence-electron chi connectivity index (χ0n) is 11.1. The Kier molecular flexibility index (Phi) is 4.96. The van der Waals surface area contributed by atoms with Gasteiger partial charge in [-0.3, -0.25) is 9.88 Å². The Morgan fingerprint density at radius 3 is 3.22 bits per heavy atom. The summed E-state index contributed by atoms with van der Waals surface area (Å²) in [6.07, 6.45) is 6.39. The third kappa shape index (κ3) is 3.43. The number of pyridine rings is 1. The Hall–Kier alpha value is -1.13. The van der Waals surface area contributed by atoms with Gasteiger partial charge in [-0.2, -0.15) is 0 Å². The van der Waals surface area contributed by atoms with Gasteiger partial charge in [-0.15, -0.1) is 0 Å². The van der Waals surface area contributed by atoms with E-state index in [9.17, 15) is 0 Å². The number of likely N-dealkylation sites (tertiary alicyclic amines) is 1. The molecule has 2 heterocycles. The van der Waals surface area contributed by atoms with Crippen LogP contribution in [0.4, 0.5) is 5.69 Å². The maximum absolute atomic E-state index is 8.93. The predicted molar refractivity (Wildman–Crippen MR) is 73.5 cm³/mol. The highest BCUT2D eigenvalue weighted by molar-refractivity contribution is 5.42. The molecule has 1 aromatic rings. The van der Waals surface area contributed by atoms with Crippen molar-refractivity contribution in [2.24, 2.45) is 0 Å². The first-order valence-corrected chi connectivity index (χ1v) is 6.81. The number of hydrogen-bond donors (Lipinski definition) is 2. The number of aromatic nitrogens is 1. The van der Waals surface area contributed by atoms with E-state index in [2.05, 4.69) is 21.3 Å². The SMILES string of the molecule is CNc1ccnc(CN2CCCC2CCCO)c1. The minimum atomic E-state index is 0.303. The fraction of sp³-hybridized carbons (Fsp3) is 0.643. The highest BCUT2D eigenvalue weighted by Gasteiger charge is 2.24. The van der Waals surface area contributed by atoms with Crippen molar-refractivity contribution in [3.8, 4) is 0 Å². The summed E-state index contributed by atoms with van der Waals surface area (Å²) < 4.78 is 0. The Labute approximate surface area is 109 Å². The molecule has 0 saturated carbocycles. The van der Waals surface area contributed by atoms with Gasteiger partial charge in [-0.25, -0.2) is 0 Å². The summed E-state index contributed by atoms with van der Waals surface area (Å²) in [4.78, 5) is 6.93. The molecule has 0 aliphatic carbocycles. The van der Waals surface area contributed by atoms with Gasteiger partial charge in [0.15, 0.2) is 0 Å². The number of nitrogens with zero attached hydrogens (tertiary/aromatic N) is 2. The average Bonchev–Trinajstić information content (AvgIpc) is 2.84. The summed E-state index contributed by atoms with van der Waals surface area (Å²) in [6, 6.07) is 4.72. The molecule has 1 aliphatic heterocycles. The van der Waals surface area contributed by atoms with Crippen LogP contribution in [0.25, 0.3) is 0 Å². The molecule has 2 N–H and O–H groups in total. The van der Waals surface area contributed by atoms with Gasteiger partial charge in [0, 0.05) is 38.1 Å². The van der Waals surface area contributed by atoms with Gasteiger partial charge in [-0.1, -0.05) is 0 Å². The van der Waals surface area contributed by atoms with Gasteiger partial charge in [0.2, 0.25) is 0 Å². The van der Waals surface area contributed by atoms with Crippen molar-refractivity contribution in [3.05, 3.63) is 24.0 Å². The van der Waals surface area contributed by atoms with Crippen molar-refractivity contribution in [2.45, 2.75) is 38.3 Å². The minimum Gasteiger partial charge on any atom is -0.396 e. The van der Waals surface area contributed by atoms with Crippen LogP contribution in [-0.4, -0.2) is 41.2 Å². The molecule has 18 heavy (non-hydrogen) atoms. The number of nitrogens with one attached hydrogen (secondary N) is 1. The van der Waals surface area contributed by atoms with E-state index in [1.165, 1.54) is 12.8 Å². The average molecular weight is 249 g/mol. The summed E-state index contributed by atoms with van der Waals surface area (Å²) in [5.41, 5.74) is 2.24. The highest BCUT2D eigenvalue weighted by Crippen LogP contribution is 2.23. The van der Waals surface area contributed by atoms with Crippen LogP contribution < -0.4 is 5.32 Å². The third-order valence-electron chi connectivity index (χ3n) is 3.66. The van der Waals surface area contributed by atoms with Crippen molar-refractivity contribution in [2.75, 3.05) is 25.5 Å². The summed E-state index contributed by atoms with van der Waals surface area (Å²) in [6.45, 7) is 2.38. The normalized spacial score (nSPS) is 20.2. The molecule has 1 fully saturated rings. The van der Waals surface area contributed by atoms with Crippen LogP contribution in [0, 0.1) is 0 Å². The van der Waals surface area contributed by atoms with E-state index < -0.39 is 0 Å². The molecule has 100 valence electrons. The molecule has 1 unspecified atom stereocenters. The summed E-state index contributed by atoms with van der Waals surface area (Å²) in [5.74, 6) is 0. The maximum atomic E-state index is 8.93. The second-order valence-corrected chi connectivity index (χ2v) is 4.92. The topological polar surface area (TPSA) is 48.4 Å². The molecule has 0 aromatic carbocycles. The maximum Gasteiger partial charge on any atom is 0.0564 e. The number of rotatable bonds is 6. The molecular weight excluding hydrogens is 226 g/mol. The van der Waals surface area contributed by atoms with Crippen LogP contribution in [0.2, 0.25) is 0 Å². The lowest BCUT2D eigenvalue weighted by Gasteiger charge is -2.24. The fourth-order valence-corrected chi connectivity index (χ4v) is 2.69. The summed E-state index contributed by atoms with van der Waals surface area (Å²) >= 11 is 0. The number of aliphatic hydroxyl groups excluding tert-OH is 1. The highest BCUT2D eigenvalue weighted by atomic mass is 16.2. The van der Waals surface area contributed by atoms with Crippen LogP contribution in [-0.2, 0) is 6.54 Å². The quantitative estimate of drug-likeness (QED) is 0.808. The molecule has 1 aromatic heterocycles. The first-order chi connectivity index (χ1) is 8.83. The van der Waals surface area contributed by atoms with Crippen molar-refractivity contribution in [1.29, 1.82) is 0 Å². The van der Waals surface area contributed by atoms with E-state index in [-0.39, 0.29) is 0 Å². The lowest BCUT2D eigenvalue weighted by atomic mass is 10.1. The number of hydrogen-bond acceptors (Lipinski definition) is 4. The smallest absolute Gasteiger partial charge is 0.0564 e. The van der Waals surface area contributed by atoms with Gasteiger partial charge >= 0.3 is 0 Å². The molecule has 0 radical (unpaired) electrons. The second-order valence-electron chi connectivity index (χ2n) is 4.92. The van der Waals surface area contributed by atoms with Gasteiger partial charge in [0.25, 0.3) is 0 Å². The van der Waals surface area contributed by atoms with Gasteiger partial charge in [-0.05, 0) is 44.4 Å². The van der Waals surface area contributed by atoms with Crippen molar-refractivity contribution >= 4 is 5.69 Å². The summed E-state index contributed by atoms with van der Waals surface area (Å²) in [7, 11) is 1.93. The fourth-order valence-electron chi connectivity index (χ4n) is 2.69. The molecule has 2 rings (SSSR count). The molecule has 1 atom stereocenters. The first-order valence-electron chi connectivity index (χ1n) is 6.81. The van der Waals surface area contributed by atoms with Crippen LogP contribution in [0.3, 0.4) is 0 Å². The van der Waals surface area contributed by atoms with E-state index >= 15 is 0 Å². The lowest BCUT2D eigenvalue weighted by Crippen LogP contribution is -2.29. The minimum absolute atomic E-state index is 0.303. The number of anilines is 1. The van der Waals surface area contributed by atoms with Crippen LogP contribution in [0.1, 0.15) is 31.4 Å². The van der Waals surface area contributed by atoms with Gasteiger partial charge < -0.3 is 10.4 Å². The van der Waals surface area contributed by atoms with E-state index in [1.54, 1.807) is 0 Å². The molecule has 1 saturated heterocycles. The molecule has 0 amide bonds. The second kappa shape index (κ2) is 6.71. The Morgan fingerprint density at radius 2 is 2.44 bits per heavy atom. The van der Waals surface area contributed by atoms with E-state index in [0.717, 1.165) is 37.3 Å². The Morgan fingerprint density at radius 1 is 1.56 bits per heavy atom. The monoisotopic (exact) mass is 249 g/mol. The van der Waals surface area contributed by atoms with Crippen LogP contribution >= 0.6 is 0 Å². The van der Waals surface area contributed by atoms with E-state index in [1.807, 2.05) is 19.3 Å². The molecule has 0 bridgehead atoms. The summed E-state index contributed by atoms with van der Waals surface area (Å²) in [5, 5.41) is 12.1. The molecule has 1 aliphatic rings. The van der Waals surface area contributed by atoms with E-state index in [0.29, 0.717) is 12.6 Å². The molecule has 4 heteroatoms. The molecule has 0 spiro atoms. The lowest BCUT2D eigenvalue weighted by molar-refractivity contribution is 0.208. The van der Waals surface area contributed by atoms with E-state index in [4.69, 9.17) is 5.11 Å². The third-order valence-corrected chi connectivity index (χ3v) is 3.66. The van der Waals surface area contributed by atoms with Crippen molar-refractivity contribution < 1.29 is 5.11 Å². The van der Waals surface area contributed by atoms with Crippen molar-refractivity contribution in [1.82, 2.24) is 9.88 Å². The zero-order valence-corrected chi connectivity index (χ0v) is 11.1.